The third kappa shape index (κ3) is 47.6. The van der Waals surface area contributed by atoms with Gasteiger partial charge in [0.05, 0.1) is 25.4 Å². The molecule has 0 radical (unpaired) electrons. The fourth-order valence-corrected chi connectivity index (χ4v) is 11.4. The van der Waals surface area contributed by atoms with Gasteiger partial charge >= 0.3 is 5.97 Å². The van der Waals surface area contributed by atoms with Gasteiger partial charge in [0.25, 0.3) is 0 Å². The number of esters is 1. The van der Waals surface area contributed by atoms with Crippen LogP contribution in [-0.2, 0) is 23.8 Å². The minimum Gasteiger partial charge on any atom is -0.454 e. The second-order valence-electron chi connectivity index (χ2n) is 25.0. The standard InChI is InChI=1S/C72H135NO10/c1-4-7-10-13-16-19-22-25-27-28-29-30-31-32-33-34-35-36-37-39-41-44-47-50-53-56-59-65(76)71(80)73-63(64(75)58-55-52-49-46-43-40-24-21-18-15-12-9-6-3)62-81-72-70(69(79)68(78)66(61-74)82-72)83-67(77)60-57-54-51-48-45-42-38-26-23-20-17-14-11-8-5-2/h16,19,25,27,55,58,63-66,68-70,72,74-76,78-79H,4-15,17-18,20-24,26,28-54,56-57,59-62H2,1-3H3,(H,73,80)/b19-16-,27-25-,58-55+. The van der Waals surface area contributed by atoms with Gasteiger partial charge in [0, 0.05) is 6.42 Å². The molecule has 1 aliphatic rings. The number of aliphatic hydroxyl groups excluding tert-OH is 5. The van der Waals surface area contributed by atoms with E-state index < -0.39 is 67.4 Å². The van der Waals surface area contributed by atoms with Crippen LogP contribution in [0.5, 0.6) is 0 Å². The molecule has 8 atom stereocenters. The summed E-state index contributed by atoms with van der Waals surface area (Å²) in [5.74, 6) is -1.18. The third-order valence-corrected chi connectivity index (χ3v) is 17.0. The normalized spacial score (nSPS) is 18.7. The largest absolute Gasteiger partial charge is 0.454 e. The quantitative estimate of drug-likeness (QED) is 0.0195. The van der Waals surface area contributed by atoms with Crippen molar-refractivity contribution in [2.24, 2.45) is 0 Å². The minimum absolute atomic E-state index is 0.130. The van der Waals surface area contributed by atoms with Crippen LogP contribution in [0.1, 0.15) is 348 Å². The van der Waals surface area contributed by atoms with Crippen LogP contribution in [0.4, 0.5) is 0 Å². The number of carbonyl (C=O) groups is 2. The van der Waals surface area contributed by atoms with Crippen LogP contribution in [0.25, 0.3) is 0 Å². The molecule has 11 heteroatoms. The summed E-state index contributed by atoms with van der Waals surface area (Å²) >= 11 is 0. The van der Waals surface area contributed by atoms with Crippen molar-refractivity contribution in [2.75, 3.05) is 13.2 Å². The van der Waals surface area contributed by atoms with Gasteiger partial charge in [-0.1, -0.05) is 320 Å². The van der Waals surface area contributed by atoms with E-state index in [9.17, 15) is 35.1 Å². The lowest BCUT2D eigenvalue weighted by Crippen LogP contribution is -2.61. The number of amides is 1. The molecule has 0 aromatic rings. The number of rotatable bonds is 62. The van der Waals surface area contributed by atoms with Gasteiger partial charge in [0.2, 0.25) is 5.91 Å². The van der Waals surface area contributed by atoms with Crippen molar-refractivity contribution in [3.8, 4) is 0 Å². The molecule has 0 bridgehead atoms. The average molecular weight is 1170 g/mol. The Hall–Kier alpha value is -2.12. The number of nitrogens with one attached hydrogen (secondary N) is 1. The van der Waals surface area contributed by atoms with Crippen molar-refractivity contribution in [1.82, 2.24) is 5.32 Å². The summed E-state index contributed by atoms with van der Waals surface area (Å²) in [6.45, 7) is 5.82. The number of hydrogen-bond acceptors (Lipinski definition) is 10. The Labute approximate surface area is 511 Å². The second-order valence-corrected chi connectivity index (χ2v) is 25.0. The molecule has 6 N–H and O–H groups in total. The summed E-state index contributed by atoms with van der Waals surface area (Å²) < 4.78 is 17.7. The van der Waals surface area contributed by atoms with Crippen LogP contribution in [0.2, 0.25) is 0 Å². The zero-order chi connectivity index (χ0) is 60.3. The summed E-state index contributed by atoms with van der Waals surface area (Å²) in [4.78, 5) is 26.6. The number of carbonyl (C=O) groups excluding carboxylic acids is 2. The van der Waals surface area contributed by atoms with Crippen molar-refractivity contribution in [3.63, 3.8) is 0 Å². The lowest BCUT2D eigenvalue weighted by atomic mass is 9.99. The molecule has 1 amide bonds. The highest BCUT2D eigenvalue weighted by Crippen LogP contribution is 2.26. The Bertz CT molecular complexity index is 1490. The van der Waals surface area contributed by atoms with Crippen LogP contribution >= 0.6 is 0 Å². The highest BCUT2D eigenvalue weighted by Gasteiger charge is 2.47. The molecule has 11 nitrogen and oxygen atoms in total. The summed E-state index contributed by atoms with van der Waals surface area (Å²) in [7, 11) is 0. The summed E-state index contributed by atoms with van der Waals surface area (Å²) in [5.41, 5.74) is 0. The molecule has 0 spiro atoms. The molecule has 0 aliphatic carbocycles. The highest BCUT2D eigenvalue weighted by molar-refractivity contribution is 5.80. The maximum absolute atomic E-state index is 13.5. The van der Waals surface area contributed by atoms with E-state index in [2.05, 4.69) is 50.4 Å². The van der Waals surface area contributed by atoms with E-state index in [1.165, 1.54) is 238 Å². The van der Waals surface area contributed by atoms with E-state index in [4.69, 9.17) is 14.2 Å². The van der Waals surface area contributed by atoms with Gasteiger partial charge in [0.15, 0.2) is 12.4 Å². The number of ether oxygens (including phenoxy) is 3. The Morgan fingerprint density at radius 1 is 0.470 bits per heavy atom. The van der Waals surface area contributed by atoms with Crippen molar-refractivity contribution in [3.05, 3.63) is 36.5 Å². The lowest BCUT2D eigenvalue weighted by molar-refractivity contribution is -0.305. The minimum atomic E-state index is -1.61. The first-order chi connectivity index (χ1) is 40.7. The van der Waals surface area contributed by atoms with E-state index in [1.54, 1.807) is 6.08 Å². The molecule has 0 aromatic carbocycles. The van der Waals surface area contributed by atoms with E-state index in [0.717, 1.165) is 64.2 Å². The SMILES string of the molecule is CCCCC/C=C\C/C=C\CCCCCCCCCCCCCCCCCCC(O)C(=O)NC(COC1OC(CO)C(O)C(O)C1OC(=O)CCCCCCCCCCCCCCCCC)C(O)/C=C/CCCCCCCCCCCCC. The Kier molecular flexibility index (Phi) is 57.2. The maximum Gasteiger partial charge on any atom is 0.306 e. The van der Waals surface area contributed by atoms with Gasteiger partial charge < -0.3 is 45.1 Å². The number of hydrogen-bond donors (Lipinski definition) is 6. The van der Waals surface area contributed by atoms with Crippen LogP contribution in [0, 0.1) is 0 Å². The van der Waals surface area contributed by atoms with Crippen LogP contribution in [0.15, 0.2) is 36.5 Å². The van der Waals surface area contributed by atoms with Crippen molar-refractivity contribution in [1.29, 1.82) is 0 Å². The number of aliphatic hydroxyl groups is 5. The number of allylic oxidation sites excluding steroid dienone is 5. The van der Waals surface area contributed by atoms with Gasteiger partial charge in [-0.15, -0.1) is 0 Å². The van der Waals surface area contributed by atoms with Crippen LogP contribution < -0.4 is 5.32 Å². The van der Waals surface area contributed by atoms with Gasteiger partial charge in [-0.25, -0.2) is 0 Å². The Morgan fingerprint density at radius 2 is 0.831 bits per heavy atom. The van der Waals surface area contributed by atoms with Gasteiger partial charge in [-0.3, -0.25) is 9.59 Å². The first-order valence-electron chi connectivity index (χ1n) is 35.8. The predicted octanol–water partition coefficient (Wildman–Crippen LogP) is 18.2. The smallest absolute Gasteiger partial charge is 0.306 e. The fourth-order valence-electron chi connectivity index (χ4n) is 11.4. The summed E-state index contributed by atoms with van der Waals surface area (Å²) in [6.07, 6.45) is 63.3. The van der Waals surface area contributed by atoms with Crippen molar-refractivity contribution in [2.45, 2.75) is 397 Å². The molecule has 488 valence electrons. The Balaban J connectivity index is 2.55. The molecule has 0 aromatic heterocycles. The molecule has 1 rings (SSSR count). The molecule has 1 aliphatic heterocycles. The van der Waals surface area contributed by atoms with Gasteiger partial charge in [0.1, 0.15) is 24.4 Å². The van der Waals surface area contributed by atoms with E-state index in [-0.39, 0.29) is 13.0 Å². The monoisotopic (exact) mass is 1170 g/mol. The summed E-state index contributed by atoms with van der Waals surface area (Å²) in [5, 5.41) is 57.2. The lowest BCUT2D eigenvalue weighted by Gasteiger charge is -2.41. The zero-order valence-corrected chi connectivity index (χ0v) is 54.3. The van der Waals surface area contributed by atoms with Crippen LogP contribution in [-0.4, -0.2) is 99.6 Å². The Morgan fingerprint density at radius 3 is 1.25 bits per heavy atom. The highest BCUT2D eigenvalue weighted by atomic mass is 16.7. The molecule has 8 unspecified atom stereocenters. The maximum atomic E-state index is 13.5. The fraction of sp³-hybridized carbons (Fsp3) is 0.889. The molecular formula is C72H135NO10. The van der Waals surface area contributed by atoms with Gasteiger partial charge in [-0.05, 0) is 57.8 Å². The predicted molar refractivity (Wildman–Crippen MR) is 347 cm³/mol. The van der Waals surface area contributed by atoms with Crippen molar-refractivity contribution >= 4 is 11.9 Å². The van der Waals surface area contributed by atoms with E-state index in [0.29, 0.717) is 19.3 Å². The van der Waals surface area contributed by atoms with Crippen LogP contribution in [0.3, 0.4) is 0 Å². The third-order valence-electron chi connectivity index (χ3n) is 17.0. The van der Waals surface area contributed by atoms with E-state index >= 15 is 0 Å². The average Bonchev–Trinajstić information content (AvgIpc) is 3.55. The van der Waals surface area contributed by atoms with Gasteiger partial charge in [-0.2, -0.15) is 0 Å². The molecule has 1 heterocycles. The second kappa shape index (κ2) is 60.2. The first-order valence-corrected chi connectivity index (χ1v) is 35.8. The first kappa shape index (κ1) is 78.9. The number of unbranched alkanes of at least 4 members (excludes halogenated alkanes) is 44. The van der Waals surface area contributed by atoms with E-state index in [1.807, 2.05) is 6.08 Å². The summed E-state index contributed by atoms with van der Waals surface area (Å²) in [6, 6.07) is -1.02. The topological polar surface area (TPSA) is 175 Å². The molecule has 83 heavy (non-hydrogen) atoms. The van der Waals surface area contributed by atoms with Crippen molar-refractivity contribution < 1.29 is 49.3 Å². The molecule has 1 fully saturated rings. The zero-order valence-electron chi connectivity index (χ0n) is 54.3. The molecule has 1 saturated heterocycles. The molecule has 0 saturated carbocycles. The molecular weight excluding hydrogens is 1040 g/mol.